The fourth-order valence-corrected chi connectivity index (χ4v) is 3.70. The number of ether oxygens (including phenoxy) is 3. The molecule has 0 radical (unpaired) electrons. The third kappa shape index (κ3) is 8.48. The lowest BCUT2D eigenvalue weighted by molar-refractivity contribution is -0.143. The van der Waals surface area contributed by atoms with Gasteiger partial charge in [-0.15, -0.1) is 0 Å². The van der Waals surface area contributed by atoms with Crippen LogP contribution in [-0.2, 0) is 22.4 Å². The molecule has 0 saturated heterocycles. The summed E-state index contributed by atoms with van der Waals surface area (Å²) in [5.41, 5.74) is 1.94. The van der Waals surface area contributed by atoms with Crippen molar-refractivity contribution in [1.82, 2.24) is 0 Å². The van der Waals surface area contributed by atoms with Crippen molar-refractivity contribution < 1.29 is 32.6 Å². The summed E-state index contributed by atoms with van der Waals surface area (Å²) >= 11 is 0. The van der Waals surface area contributed by atoms with E-state index in [2.05, 4.69) is 0 Å². The van der Waals surface area contributed by atoms with E-state index in [1.807, 2.05) is 6.07 Å². The molecular weight excluding hydrogens is 430 g/mol. The molecule has 3 rings (SSSR count). The highest BCUT2D eigenvalue weighted by Gasteiger charge is 2.20. The molecule has 0 bridgehead atoms. The van der Waals surface area contributed by atoms with Gasteiger partial charge in [0.25, 0.3) is 0 Å². The van der Waals surface area contributed by atoms with Crippen molar-refractivity contribution in [3.8, 4) is 11.5 Å². The number of ketones is 1. The summed E-state index contributed by atoms with van der Waals surface area (Å²) in [6, 6.07) is 7.70. The molecule has 0 aromatic heterocycles. The lowest BCUT2D eigenvalue weighted by atomic mass is 10.0. The third-order valence-corrected chi connectivity index (χ3v) is 5.33. The summed E-state index contributed by atoms with van der Waals surface area (Å²) in [4.78, 5) is 22.8. The Morgan fingerprint density at radius 2 is 1.64 bits per heavy atom. The maximum absolute atomic E-state index is 13.6. The summed E-state index contributed by atoms with van der Waals surface area (Å²) in [5.74, 6) is 0.0133. The van der Waals surface area contributed by atoms with Crippen LogP contribution in [0.3, 0.4) is 0 Å². The van der Waals surface area contributed by atoms with E-state index in [4.69, 9.17) is 14.2 Å². The Hall–Kier alpha value is -2.96. The number of unbranched alkanes of at least 4 members (excludes halogenated alkanes) is 1. The van der Waals surface area contributed by atoms with Crippen molar-refractivity contribution in [3.63, 3.8) is 0 Å². The Labute approximate surface area is 194 Å². The molecule has 0 fully saturated rings. The molecule has 7 heteroatoms. The second-order valence-corrected chi connectivity index (χ2v) is 7.79. The molecule has 0 spiro atoms. The molecule has 0 unspecified atom stereocenters. The summed E-state index contributed by atoms with van der Waals surface area (Å²) in [5, 5.41) is 0. The summed E-state index contributed by atoms with van der Waals surface area (Å²) in [6.45, 7) is 2.21. The van der Waals surface area contributed by atoms with Gasteiger partial charge in [0.2, 0.25) is 0 Å². The van der Waals surface area contributed by atoms with Gasteiger partial charge in [-0.25, -0.2) is 8.78 Å². The van der Waals surface area contributed by atoms with Crippen LogP contribution < -0.4 is 9.47 Å². The average Bonchev–Trinajstić information content (AvgIpc) is 2.98. The highest BCUT2D eigenvalue weighted by Crippen LogP contribution is 2.27. The Bertz CT molecular complexity index is 943. The molecule has 180 valence electrons. The zero-order valence-corrected chi connectivity index (χ0v) is 19.5. The molecule has 1 aliphatic carbocycles. The van der Waals surface area contributed by atoms with Crippen LogP contribution in [0, 0.1) is 11.6 Å². The number of aryl methyl sites for hydroxylation is 2. The lowest BCUT2D eigenvalue weighted by Gasteiger charge is -2.08. The first-order valence-corrected chi connectivity index (χ1v) is 11.3. The van der Waals surface area contributed by atoms with Crippen molar-refractivity contribution in [3.05, 3.63) is 58.7 Å². The predicted molar refractivity (Wildman–Crippen MR) is 122 cm³/mol. The molecule has 0 saturated carbocycles. The van der Waals surface area contributed by atoms with E-state index < -0.39 is 5.82 Å². The van der Waals surface area contributed by atoms with Crippen LogP contribution in [0.2, 0.25) is 0 Å². The van der Waals surface area contributed by atoms with Gasteiger partial charge in [-0.3, -0.25) is 9.59 Å². The molecule has 2 aromatic carbocycles. The Balaban J connectivity index is 0.000000237. The normalized spacial score (nSPS) is 12.7. The smallest absolute Gasteiger partial charge is 0.305 e. The van der Waals surface area contributed by atoms with E-state index in [0.717, 1.165) is 49.7 Å². The Morgan fingerprint density at radius 1 is 0.939 bits per heavy atom. The number of carbonyl (C=O) groups excluding carboxylic acids is 2. The fourth-order valence-electron chi connectivity index (χ4n) is 3.70. The second kappa shape index (κ2) is 13.6. The Kier molecular flexibility index (Phi) is 10.8. The highest BCUT2D eigenvalue weighted by molar-refractivity contribution is 5.98. The van der Waals surface area contributed by atoms with Crippen LogP contribution in [-0.4, -0.2) is 32.6 Å². The molecule has 0 N–H and O–H groups in total. The number of hydrogen-bond donors (Lipinski definition) is 0. The van der Waals surface area contributed by atoms with E-state index in [0.29, 0.717) is 30.9 Å². The van der Waals surface area contributed by atoms with Gasteiger partial charge in [0, 0.05) is 25.0 Å². The predicted octanol–water partition coefficient (Wildman–Crippen LogP) is 5.85. The van der Waals surface area contributed by atoms with E-state index in [1.54, 1.807) is 13.0 Å². The highest BCUT2D eigenvalue weighted by atomic mass is 19.1. The first kappa shape index (κ1) is 26.3. The lowest BCUT2D eigenvalue weighted by Crippen LogP contribution is -2.04. The first-order valence-electron chi connectivity index (χ1n) is 11.3. The second-order valence-electron chi connectivity index (χ2n) is 7.79. The van der Waals surface area contributed by atoms with Gasteiger partial charge in [0.1, 0.15) is 23.1 Å². The number of benzene rings is 2. The van der Waals surface area contributed by atoms with Crippen LogP contribution in [0.5, 0.6) is 11.5 Å². The minimum absolute atomic E-state index is 0.0809. The van der Waals surface area contributed by atoms with Gasteiger partial charge in [0.15, 0.2) is 5.78 Å². The van der Waals surface area contributed by atoms with Crippen LogP contribution in [0.1, 0.15) is 66.9 Å². The van der Waals surface area contributed by atoms with Crippen LogP contribution in [0.4, 0.5) is 8.78 Å². The minimum atomic E-state index is -0.448. The quantitative estimate of drug-likeness (QED) is 0.280. The van der Waals surface area contributed by atoms with Crippen molar-refractivity contribution in [2.45, 2.75) is 58.3 Å². The standard InChI is InChI=1S/C14H19FO3.C12H13FO2/c1-3-18-14(16)7-5-4-6-11-8-12(15)10-13(9-11)17-2;1-15-9-6-8-4-2-3-5-11(14)12(8)10(13)7-9/h8-10H,3-7H2,1-2H3;6-7H,2-5H2,1H3. The average molecular weight is 463 g/mol. The number of esters is 1. The number of methoxy groups -OCH3 is 2. The van der Waals surface area contributed by atoms with Gasteiger partial charge in [-0.05, 0) is 74.8 Å². The van der Waals surface area contributed by atoms with Crippen molar-refractivity contribution in [1.29, 1.82) is 0 Å². The topological polar surface area (TPSA) is 61.8 Å². The molecule has 33 heavy (non-hydrogen) atoms. The van der Waals surface area contributed by atoms with Crippen LogP contribution >= 0.6 is 0 Å². The van der Waals surface area contributed by atoms with E-state index in [9.17, 15) is 18.4 Å². The van der Waals surface area contributed by atoms with Gasteiger partial charge >= 0.3 is 5.97 Å². The van der Waals surface area contributed by atoms with Crippen molar-refractivity contribution in [2.75, 3.05) is 20.8 Å². The SMILES string of the molecule is CCOC(=O)CCCCc1cc(F)cc(OC)c1.COc1cc(F)c2c(c1)CCCCC2=O. The summed E-state index contributed by atoms with van der Waals surface area (Å²) < 4.78 is 41.7. The molecule has 1 aliphatic rings. The van der Waals surface area contributed by atoms with Crippen molar-refractivity contribution >= 4 is 11.8 Å². The summed E-state index contributed by atoms with van der Waals surface area (Å²) in [6.07, 6.45) is 5.71. The fraction of sp³-hybridized carbons (Fsp3) is 0.462. The van der Waals surface area contributed by atoms with E-state index in [-0.39, 0.29) is 23.1 Å². The van der Waals surface area contributed by atoms with E-state index in [1.165, 1.54) is 32.4 Å². The number of hydrogen-bond acceptors (Lipinski definition) is 5. The molecule has 0 heterocycles. The van der Waals surface area contributed by atoms with E-state index >= 15 is 0 Å². The van der Waals surface area contributed by atoms with Crippen LogP contribution in [0.15, 0.2) is 30.3 Å². The monoisotopic (exact) mass is 462 g/mol. The molecule has 5 nitrogen and oxygen atoms in total. The molecule has 0 amide bonds. The van der Waals surface area contributed by atoms with Gasteiger partial charge in [-0.2, -0.15) is 0 Å². The molecule has 0 atom stereocenters. The number of halogens is 2. The minimum Gasteiger partial charge on any atom is -0.497 e. The van der Waals surface area contributed by atoms with Gasteiger partial charge in [0.05, 0.1) is 26.4 Å². The van der Waals surface area contributed by atoms with Crippen LogP contribution in [0.25, 0.3) is 0 Å². The molecular formula is C26H32F2O5. The van der Waals surface area contributed by atoms with Gasteiger partial charge < -0.3 is 14.2 Å². The zero-order chi connectivity index (χ0) is 24.2. The number of Topliss-reactive ketones (excluding diaryl/α,β-unsaturated/α-hetero) is 1. The first-order chi connectivity index (χ1) is 15.9. The largest absolute Gasteiger partial charge is 0.497 e. The van der Waals surface area contributed by atoms with Crippen molar-refractivity contribution in [2.24, 2.45) is 0 Å². The number of carbonyl (C=O) groups is 2. The third-order valence-electron chi connectivity index (χ3n) is 5.33. The molecule has 0 aliphatic heterocycles. The maximum Gasteiger partial charge on any atom is 0.305 e. The maximum atomic E-state index is 13.6. The summed E-state index contributed by atoms with van der Waals surface area (Å²) in [7, 11) is 3.01. The number of rotatable bonds is 8. The number of fused-ring (bicyclic) bond motifs is 1. The van der Waals surface area contributed by atoms with Gasteiger partial charge in [-0.1, -0.05) is 0 Å². The Morgan fingerprint density at radius 3 is 2.33 bits per heavy atom. The molecule has 2 aromatic rings. The zero-order valence-electron chi connectivity index (χ0n) is 19.5.